The highest BCUT2D eigenvalue weighted by Crippen LogP contribution is 2.39. The summed E-state index contributed by atoms with van der Waals surface area (Å²) in [5.74, 6) is 0.671. The second-order valence-electron chi connectivity index (χ2n) is 8.05. The third kappa shape index (κ3) is 5.75. The van der Waals surface area contributed by atoms with Crippen LogP contribution in [0, 0.1) is 6.92 Å². The Balaban J connectivity index is 1.92. The fraction of sp³-hybridized carbons (Fsp3) is 0.333. The zero-order chi connectivity index (χ0) is 24.1. The molecule has 0 radical (unpaired) electrons. The summed E-state index contributed by atoms with van der Waals surface area (Å²) in [5, 5.41) is 11.9. The van der Waals surface area contributed by atoms with E-state index in [9.17, 15) is 18.3 Å². The molecule has 0 amide bonds. The highest BCUT2D eigenvalue weighted by atomic mass is 19.4. The third-order valence-electron chi connectivity index (χ3n) is 5.94. The predicted octanol–water partition coefficient (Wildman–Crippen LogP) is 6.02. The lowest BCUT2D eigenvalue weighted by Crippen LogP contribution is -2.29. The van der Waals surface area contributed by atoms with Crippen molar-refractivity contribution in [3.63, 3.8) is 0 Å². The van der Waals surface area contributed by atoms with Gasteiger partial charge in [0.25, 0.3) is 0 Å². The van der Waals surface area contributed by atoms with Crippen LogP contribution in [0.1, 0.15) is 41.7 Å². The maximum Gasteiger partial charge on any atom is 0.416 e. The smallest absolute Gasteiger partial charge is 0.416 e. The van der Waals surface area contributed by atoms with Gasteiger partial charge in [-0.3, -0.25) is 0 Å². The predicted molar refractivity (Wildman–Crippen MR) is 124 cm³/mol. The van der Waals surface area contributed by atoms with Crippen molar-refractivity contribution < 1.29 is 23.0 Å². The topological polar surface area (TPSA) is 32.7 Å². The Labute approximate surface area is 193 Å². The Kier molecular flexibility index (Phi) is 7.82. The molecule has 0 bridgehead atoms. The lowest BCUT2D eigenvalue weighted by Gasteiger charge is -2.30. The molecule has 1 atom stereocenters. The number of aryl methyl sites for hydroxylation is 1. The number of hydrogen-bond acceptors (Lipinski definition) is 3. The van der Waals surface area contributed by atoms with E-state index in [-0.39, 0.29) is 0 Å². The van der Waals surface area contributed by atoms with Gasteiger partial charge < -0.3 is 14.7 Å². The van der Waals surface area contributed by atoms with Gasteiger partial charge in [-0.05, 0) is 61.0 Å². The molecule has 0 fully saturated rings. The van der Waals surface area contributed by atoms with Gasteiger partial charge in [0, 0.05) is 6.54 Å². The van der Waals surface area contributed by atoms with Crippen molar-refractivity contribution in [2.75, 3.05) is 26.2 Å². The summed E-state index contributed by atoms with van der Waals surface area (Å²) in [7, 11) is 0. The van der Waals surface area contributed by atoms with Gasteiger partial charge >= 0.3 is 6.18 Å². The lowest BCUT2D eigenvalue weighted by molar-refractivity contribution is -0.137. The first kappa shape index (κ1) is 24.8. The van der Waals surface area contributed by atoms with E-state index in [0.717, 1.165) is 37.3 Å². The van der Waals surface area contributed by atoms with Crippen LogP contribution in [0.4, 0.5) is 13.2 Å². The van der Waals surface area contributed by atoms with Crippen LogP contribution < -0.4 is 4.74 Å². The van der Waals surface area contributed by atoms with Crippen molar-refractivity contribution in [1.82, 2.24) is 4.90 Å². The van der Waals surface area contributed by atoms with E-state index in [2.05, 4.69) is 18.7 Å². The molecular formula is C27H30F3NO2. The Hall–Kier alpha value is -2.83. The largest absolute Gasteiger partial charge is 0.492 e. The van der Waals surface area contributed by atoms with E-state index in [4.69, 9.17) is 4.74 Å². The van der Waals surface area contributed by atoms with Gasteiger partial charge in [0.1, 0.15) is 18.0 Å². The van der Waals surface area contributed by atoms with Gasteiger partial charge in [0.15, 0.2) is 0 Å². The Morgan fingerprint density at radius 3 is 1.61 bits per heavy atom. The Morgan fingerprint density at radius 2 is 1.15 bits per heavy atom. The second kappa shape index (κ2) is 10.4. The van der Waals surface area contributed by atoms with Gasteiger partial charge in [-0.15, -0.1) is 0 Å². The number of hydrogen-bond donors (Lipinski definition) is 1. The summed E-state index contributed by atoms with van der Waals surface area (Å²) in [4.78, 5) is 2.26. The van der Waals surface area contributed by atoms with E-state index >= 15 is 0 Å². The molecule has 6 heteroatoms. The van der Waals surface area contributed by atoms with Gasteiger partial charge in [-0.25, -0.2) is 0 Å². The molecule has 3 nitrogen and oxygen atoms in total. The SMILES string of the molecule is CCN(CC)CCOc1ccc(C(O)(c2ccc(C)cc2)c2ccc(C(F)(F)F)cc2)cc1. The molecule has 0 saturated carbocycles. The van der Waals surface area contributed by atoms with Gasteiger partial charge in [0.05, 0.1) is 5.56 Å². The van der Waals surface area contributed by atoms with Crippen molar-refractivity contribution in [3.8, 4) is 5.75 Å². The number of halogens is 3. The number of benzene rings is 3. The summed E-state index contributed by atoms with van der Waals surface area (Å²) in [5.41, 5.74) is 0.122. The zero-order valence-corrected chi connectivity index (χ0v) is 19.2. The number of ether oxygens (including phenoxy) is 1. The van der Waals surface area contributed by atoms with Crippen LogP contribution in [0.25, 0.3) is 0 Å². The number of rotatable bonds is 9. The van der Waals surface area contributed by atoms with Crippen LogP contribution >= 0.6 is 0 Å². The summed E-state index contributed by atoms with van der Waals surface area (Å²) in [6.45, 7) is 9.41. The van der Waals surface area contributed by atoms with E-state index in [1.807, 2.05) is 19.1 Å². The standard InChI is InChI=1S/C27H30F3NO2/c1-4-31(5-2)18-19-33-25-16-14-23(15-17-25)26(32,21-8-6-20(3)7-9-21)22-10-12-24(13-11-22)27(28,29)30/h6-17,32H,4-5,18-19H2,1-3H3. The van der Waals surface area contributed by atoms with Crippen LogP contribution in [0.2, 0.25) is 0 Å². The normalized spacial score (nSPS) is 13.7. The van der Waals surface area contributed by atoms with E-state index < -0.39 is 17.3 Å². The van der Waals surface area contributed by atoms with Crippen LogP contribution in [-0.2, 0) is 11.8 Å². The Morgan fingerprint density at radius 1 is 0.727 bits per heavy atom. The molecule has 0 aliphatic carbocycles. The fourth-order valence-corrected chi connectivity index (χ4v) is 3.82. The maximum atomic E-state index is 13.1. The minimum absolute atomic E-state index is 0.356. The lowest BCUT2D eigenvalue weighted by atomic mass is 9.80. The molecule has 33 heavy (non-hydrogen) atoms. The van der Waals surface area contributed by atoms with E-state index in [1.54, 1.807) is 36.4 Å². The Bertz CT molecular complexity index is 1010. The molecule has 0 spiro atoms. The molecule has 3 aromatic rings. The monoisotopic (exact) mass is 457 g/mol. The molecule has 3 rings (SSSR count). The van der Waals surface area contributed by atoms with Crippen molar-refractivity contribution in [1.29, 1.82) is 0 Å². The molecule has 176 valence electrons. The second-order valence-corrected chi connectivity index (χ2v) is 8.05. The van der Waals surface area contributed by atoms with Gasteiger partial charge in [-0.2, -0.15) is 13.2 Å². The van der Waals surface area contributed by atoms with E-state index in [0.29, 0.717) is 29.0 Å². The maximum absolute atomic E-state index is 13.1. The minimum atomic E-state index is -4.44. The first-order valence-corrected chi connectivity index (χ1v) is 11.1. The summed E-state index contributed by atoms with van der Waals surface area (Å²) in [6, 6.07) is 19.1. The van der Waals surface area contributed by atoms with Crippen molar-refractivity contribution >= 4 is 0 Å². The molecular weight excluding hydrogens is 427 g/mol. The molecule has 1 N–H and O–H groups in total. The quantitative estimate of drug-likeness (QED) is 0.399. The number of aliphatic hydroxyl groups is 1. The van der Waals surface area contributed by atoms with Gasteiger partial charge in [0.2, 0.25) is 0 Å². The zero-order valence-electron chi connectivity index (χ0n) is 19.2. The molecule has 1 unspecified atom stereocenters. The number of likely N-dealkylation sites (N-methyl/N-ethyl adjacent to an activating group) is 1. The highest BCUT2D eigenvalue weighted by Gasteiger charge is 2.36. The number of alkyl halides is 3. The van der Waals surface area contributed by atoms with Crippen LogP contribution in [-0.4, -0.2) is 36.2 Å². The third-order valence-corrected chi connectivity index (χ3v) is 5.94. The average Bonchev–Trinajstić information content (AvgIpc) is 2.82. The molecule has 0 heterocycles. The molecule has 0 aliphatic rings. The molecule has 0 aromatic heterocycles. The summed E-state index contributed by atoms with van der Waals surface area (Å²) in [6.07, 6.45) is -4.44. The van der Waals surface area contributed by atoms with E-state index in [1.165, 1.54) is 12.1 Å². The van der Waals surface area contributed by atoms with Gasteiger partial charge in [-0.1, -0.05) is 67.9 Å². The highest BCUT2D eigenvalue weighted by molar-refractivity contribution is 5.49. The summed E-state index contributed by atoms with van der Waals surface area (Å²) < 4.78 is 45.0. The fourth-order valence-electron chi connectivity index (χ4n) is 3.82. The first-order valence-electron chi connectivity index (χ1n) is 11.1. The van der Waals surface area contributed by atoms with Crippen LogP contribution in [0.5, 0.6) is 5.75 Å². The van der Waals surface area contributed by atoms with Crippen LogP contribution in [0.15, 0.2) is 72.8 Å². The average molecular weight is 458 g/mol. The molecule has 3 aromatic carbocycles. The van der Waals surface area contributed by atoms with Crippen molar-refractivity contribution in [3.05, 3.63) is 101 Å². The minimum Gasteiger partial charge on any atom is -0.492 e. The van der Waals surface area contributed by atoms with Crippen molar-refractivity contribution in [2.45, 2.75) is 32.5 Å². The summed E-state index contributed by atoms with van der Waals surface area (Å²) >= 11 is 0. The van der Waals surface area contributed by atoms with Crippen LogP contribution in [0.3, 0.4) is 0 Å². The molecule has 0 saturated heterocycles. The van der Waals surface area contributed by atoms with Crippen molar-refractivity contribution in [2.24, 2.45) is 0 Å². The number of nitrogens with zero attached hydrogens (tertiary/aromatic N) is 1. The molecule has 0 aliphatic heterocycles. The first-order chi connectivity index (χ1) is 15.7.